The average Bonchev–Trinajstić information content (AvgIpc) is 2.85. The second-order valence-electron chi connectivity index (χ2n) is 4.99. The molecule has 4 nitrogen and oxygen atoms in total. The lowest BCUT2D eigenvalue weighted by atomic mass is 10.1. The predicted octanol–water partition coefficient (Wildman–Crippen LogP) is 4.05. The number of rotatable bonds is 3. The average molecular weight is 284 g/mol. The summed E-state index contributed by atoms with van der Waals surface area (Å²) in [7, 11) is 0. The molecule has 1 aromatic heterocycles. The van der Waals surface area contributed by atoms with Crippen molar-refractivity contribution < 1.29 is 9.31 Å². The number of nitrogens with zero attached hydrogens (tertiary/aromatic N) is 2. The smallest absolute Gasteiger partial charge is 0.293 e. The molecule has 3 aromatic rings. The Morgan fingerprint density at radius 3 is 2.76 bits per heavy atom. The molecule has 0 saturated heterocycles. The van der Waals surface area contributed by atoms with Gasteiger partial charge in [-0.15, -0.1) is 0 Å². The summed E-state index contributed by atoms with van der Waals surface area (Å²) in [4.78, 5) is 10.8. The van der Waals surface area contributed by atoms with Crippen LogP contribution in [-0.2, 0) is 6.54 Å². The minimum absolute atomic E-state index is 0.0808. The number of aryl methyl sites for hydroxylation is 1. The Bertz CT molecular complexity index is 839. The van der Waals surface area contributed by atoms with E-state index in [1.165, 1.54) is 18.2 Å². The molecule has 1 heterocycles. The topological polar surface area (TPSA) is 48.1 Å². The van der Waals surface area contributed by atoms with Crippen LogP contribution < -0.4 is 0 Å². The van der Waals surface area contributed by atoms with Crippen molar-refractivity contribution in [2.45, 2.75) is 13.5 Å². The van der Waals surface area contributed by atoms with Gasteiger partial charge < -0.3 is 4.57 Å². The fraction of sp³-hybridized carbons (Fsp3) is 0.125. The number of non-ortho nitro benzene ring substituents is 1. The summed E-state index contributed by atoms with van der Waals surface area (Å²) < 4.78 is 15.0. The first kappa shape index (κ1) is 13.3. The minimum atomic E-state index is -0.379. The van der Waals surface area contributed by atoms with Crippen LogP contribution in [0.1, 0.15) is 11.1 Å². The zero-order valence-electron chi connectivity index (χ0n) is 11.4. The van der Waals surface area contributed by atoms with Crippen LogP contribution in [0, 0.1) is 22.9 Å². The molecule has 0 atom stereocenters. The Morgan fingerprint density at radius 1 is 1.24 bits per heavy atom. The number of benzene rings is 2. The van der Waals surface area contributed by atoms with Gasteiger partial charge in [-0.2, -0.15) is 0 Å². The number of halogens is 1. The van der Waals surface area contributed by atoms with E-state index in [2.05, 4.69) is 0 Å². The maximum absolute atomic E-state index is 13.2. The Balaban J connectivity index is 2.11. The van der Waals surface area contributed by atoms with Crippen molar-refractivity contribution in [1.82, 2.24) is 4.57 Å². The first-order valence-corrected chi connectivity index (χ1v) is 6.53. The molecule has 106 valence electrons. The lowest BCUT2D eigenvalue weighted by molar-refractivity contribution is -0.383. The number of fused-ring (bicyclic) bond motifs is 1. The number of hydrogen-bond acceptors (Lipinski definition) is 2. The summed E-state index contributed by atoms with van der Waals surface area (Å²) in [5, 5.41) is 12.0. The van der Waals surface area contributed by atoms with E-state index in [0.29, 0.717) is 12.1 Å². The number of nitro groups is 1. The minimum Gasteiger partial charge on any atom is -0.337 e. The number of para-hydroxylation sites is 1. The van der Waals surface area contributed by atoms with Crippen molar-refractivity contribution in [3.63, 3.8) is 0 Å². The highest BCUT2D eigenvalue weighted by Crippen LogP contribution is 2.27. The van der Waals surface area contributed by atoms with Gasteiger partial charge in [0.15, 0.2) is 0 Å². The van der Waals surface area contributed by atoms with Gasteiger partial charge in [0.25, 0.3) is 5.69 Å². The standard InChI is InChI=1S/C16H13FN2O2/c1-11-9-14(17)6-5-13(11)10-18-8-7-12-3-2-4-15(16(12)18)19(20)21/h2-9H,10H2,1H3. The molecule has 0 aliphatic heterocycles. The zero-order chi connectivity index (χ0) is 15.0. The second kappa shape index (κ2) is 5.01. The quantitative estimate of drug-likeness (QED) is 0.538. The fourth-order valence-electron chi connectivity index (χ4n) is 2.54. The van der Waals surface area contributed by atoms with Crippen molar-refractivity contribution in [2.24, 2.45) is 0 Å². The predicted molar refractivity (Wildman–Crippen MR) is 78.8 cm³/mol. The molecule has 0 N–H and O–H groups in total. The third-order valence-corrected chi connectivity index (χ3v) is 3.61. The van der Waals surface area contributed by atoms with Gasteiger partial charge in [0.2, 0.25) is 0 Å². The Hall–Kier alpha value is -2.69. The maximum atomic E-state index is 13.2. The summed E-state index contributed by atoms with van der Waals surface area (Å²) in [5.74, 6) is -0.278. The first-order chi connectivity index (χ1) is 10.1. The monoisotopic (exact) mass is 284 g/mol. The van der Waals surface area contributed by atoms with Gasteiger partial charge in [-0.05, 0) is 36.2 Å². The van der Waals surface area contributed by atoms with Crippen molar-refractivity contribution in [3.8, 4) is 0 Å². The zero-order valence-corrected chi connectivity index (χ0v) is 11.4. The van der Waals surface area contributed by atoms with E-state index in [1.54, 1.807) is 12.1 Å². The van der Waals surface area contributed by atoms with Crippen LogP contribution in [0.3, 0.4) is 0 Å². The van der Waals surface area contributed by atoms with Crippen LogP contribution in [0.5, 0.6) is 0 Å². The lowest BCUT2D eigenvalue weighted by Crippen LogP contribution is -2.02. The summed E-state index contributed by atoms with van der Waals surface area (Å²) in [6.45, 7) is 2.30. The van der Waals surface area contributed by atoms with Crippen molar-refractivity contribution in [2.75, 3.05) is 0 Å². The molecule has 0 spiro atoms. The highest BCUT2D eigenvalue weighted by Gasteiger charge is 2.15. The molecule has 5 heteroatoms. The maximum Gasteiger partial charge on any atom is 0.293 e. The van der Waals surface area contributed by atoms with Crippen molar-refractivity contribution in [3.05, 3.63) is 75.7 Å². The summed E-state index contributed by atoms with van der Waals surface area (Å²) in [5.41, 5.74) is 2.44. The van der Waals surface area contributed by atoms with E-state index in [4.69, 9.17) is 0 Å². The SMILES string of the molecule is Cc1cc(F)ccc1Cn1ccc2cccc([N+](=O)[O-])c21. The van der Waals surface area contributed by atoms with Crippen molar-refractivity contribution >= 4 is 16.6 Å². The van der Waals surface area contributed by atoms with E-state index in [0.717, 1.165) is 16.5 Å². The molecule has 0 saturated carbocycles. The van der Waals surface area contributed by atoms with Gasteiger partial charge in [0.05, 0.1) is 4.92 Å². The fourth-order valence-corrected chi connectivity index (χ4v) is 2.54. The molecule has 0 bridgehead atoms. The molecular formula is C16H13FN2O2. The van der Waals surface area contributed by atoms with E-state index in [-0.39, 0.29) is 16.4 Å². The molecule has 3 rings (SSSR count). The molecule has 0 unspecified atom stereocenters. The molecule has 2 aromatic carbocycles. The highest BCUT2D eigenvalue weighted by molar-refractivity contribution is 5.88. The third-order valence-electron chi connectivity index (χ3n) is 3.61. The first-order valence-electron chi connectivity index (χ1n) is 6.53. The second-order valence-corrected chi connectivity index (χ2v) is 4.99. The number of hydrogen-bond donors (Lipinski definition) is 0. The molecular weight excluding hydrogens is 271 g/mol. The highest BCUT2D eigenvalue weighted by atomic mass is 19.1. The van der Waals surface area contributed by atoms with E-state index < -0.39 is 0 Å². The molecule has 0 amide bonds. The van der Waals surface area contributed by atoms with Crippen LogP contribution in [0.2, 0.25) is 0 Å². The largest absolute Gasteiger partial charge is 0.337 e. The van der Waals surface area contributed by atoms with E-state index in [1.807, 2.05) is 29.8 Å². The van der Waals surface area contributed by atoms with Crippen LogP contribution in [0.4, 0.5) is 10.1 Å². The lowest BCUT2D eigenvalue weighted by Gasteiger charge is -2.09. The van der Waals surface area contributed by atoms with Crippen molar-refractivity contribution in [1.29, 1.82) is 0 Å². The Labute approximate surface area is 120 Å². The van der Waals surface area contributed by atoms with Gasteiger partial charge in [0, 0.05) is 24.2 Å². The number of aromatic nitrogens is 1. The van der Waals surface area contributed by atoms with Gasteiger partial charge >= 0.3 is 0 Å². The molecule has 0 aliphatic rings. The summed E-state index contributed by atoms with van der Waals surface area (Å²) in [6.07, 6.45) is 1.82. The van der Waals surface area contributed by atoms with E-state index in [9.17, 15) is 14.5 Å². The normalized spacial score (nSPS) is 11.0. The molecule has 0 radical (unpaired) electrons. The number of nitro benzene ring substituents is 1. The van der Waals surface area contributed by atoms with Gasteiger partial charge in [0.1, 0.15) is 11.3 Å². The van der Waals surface area contributed by atoms with Crippen LogP contribution in [-0.4, -0.2) is 9.49 Å². The molecule has 0 aliphatic carbocycles. The molecule has 0 fully saturated rings. The van der Waals surface area contributed by atoms with Crippen LogP contribution in [0.25, 0.3) is 10.9 Å². The summed E-state index contributed by atoms with van der Waals surface area (Å²) in [6, 6.07) is 11.4. The van der Waals surface area contributed by atoms with Gasteiger partial charge in [-0.3, -0.25) is 10.1 Å². The Kier molecular flexibility index (Phi) is 3.17. The third kappa shape index (κ3) is 2.38. The van der Waals surface area contributed by atoms with Gasteiger partial charge in [-0.1, -0.05) is 18.2 Å². The van der Waals surface area contributed by atoms with E-state index >= 15 is 0 Å². The Morgan fingerprint density at radius 2 is 2.05 bits per heavy atom. The van der Waals surface area contributed by atoms with Gasteiger partial charge in [-0.25, -0.2) is 4.39 Å². The summed E-state index contributed by atoms with van der Waals surface area (Å²) >= 11 is 0. The molecule has 21 heavy (non-hydrogen) atoms. The van der Waals surface area contributed by atoms with Crippen LogP contribution in [0.15, 0.2) is 48.7 Å². The van der Waals surface area contributed by atoms with Crippen LogP contribution >= 0.6 is 0 Å².